The van der Waals surface area contributed by atoms with Gasteiger partial charge in [0, 0.05) is 27.2 Å². The Morgan fingerprint density at radius 3 is 2.45 bits per heavy atom. The van der Waals surface area contributed by atoms with Crippen LogP contribution in [0.2, 0.25) is 0 Å². The standard InChI is InChI=1S/C23H27N5O3S2/c1-5-13-28-22(29)17-9-7-8-10-18(17)25-23(28)32-15-21-24-19-14-16(33(30,31)26(3)4)11-12-20(19)27(21)6-2/h7-12,14H,5-6,13,15H2,1-4H3. The summed E-state index contributed by atoms with van der Waals surface area (Å²) < 4.78 is 30.1. The second-order valence-corrected chi connectivity index (χ2v) is 11.0. The third kappa shape index (κ3) is 4.30. The first kappa shape index (κ1) is 23.5. The van der Waals surface area contributed by atoms with Gasteiger partial charge in [-0.2, -0.15) is 0 Å². The summed E-state index contributed by atoms with van der Waals surface area (Å²) >= 11 is 1.47. The molecule has 174 valence electrons. The molecule has 0 saturated heterocycles. The second kappa shape index (κ2) is 9.28. The maximum atomic E-state index is 13.0. The fraction of sp³-hybridized carbons (Fsp3) is 0.348. The minimum absolute atomic E-state index is 0.0347. The topological polar surface area (TPSA) is 90.1 Å². The van der Waals surface area contributed by atoms with E-state index < -0.39 is 10.0 Å². The molecule has 33 heavy (non-hydrogen) atoms. The van der Waals surface area contributed by atoms with Crippen molar-refractivity contribution in [3.05, 3.63) is 58.6 Å². The molecule has 0 bridgehead atoms. The van der Waals surface area contributed by atoms with Gasteiger partial charge < -0.3 is 4.57 Å². The third-order valence-corrected chi connectivity index (χ3v) is 8.28. The van der Waals surface area contributed by atoms with Crippen molar-refractivity contribution in [3.8, 4) is 0 Å². The lowest BCUT2D eigenvalue weighted by molar-refractivity contribution is 0.521. The summed E-state index contributed by atoms with van der Waals surface area (Å²) in [6.45, 7) is 5.35. The normalized spacial score (nSPS) is 12.3. The van der Waals surface area contributed by atoms with Crippen LogP contribution in [-0.2, 0) is 28.9 Å². The molecule has 0 N–H and O–H groups in total. The average Bonchev–Trinajstić information content (AvgIpc) is 3.16. The van der Waals surface area contributed by atoms with Crippen LogP contribution in [0.3, 0.4) is 0 Å². The largest absolute Gasteiger partial charge is 0.328 e. The molecule has 0 aliphatic heterocycles. The van der Waals surface area contributed by atoms with E-state index in [-0.39, 0.29) is 10.5 Å². The number of hydrogen-bond donors (Lipinski definition) is 0. The van der Waals surface area contributed by atoms with Crippen LogP contribution in [0.4, 0.5) is 0 Å². The molecular weight excluding hydrogens is 458 g/mol. The summed E-state index contributed by atoms with van der Waals surface area (Å²) in [5, 5.41) is 1.27. The Bertz CT molecular complexity index is 1490. The average molecular weight is 486 g/mol. The van der Waals surface area contributed by atoms with Gasteiger partial charge in [0.05, 0.1) is 32.6 Å². The van der Waals surface area contributed by atoms with E-state index in [9.17, 15) is 13.2 Å². The summed E-state index contributed by atoms with van der Waals surface area (Å²) in [7, 11) is -0.516. The van der Waals surface area contributed by atoms with Crippen molar-refractivity contribution in [1.82, 2.24) is 23.4 Å². The molecule has 2 aromatic heterocycles. The van der Waals surface area contributed by atoms with Crippen molar-refractivity contribution in [2.24, 2.45) is 0 Å². The molecule has 0 atom stereocenters. The van der Waals surface area contributed by atoms with Crippen molar-refractivity contribution < 1.29 is 8.42 Å². The van der Waals surface area contributed by atoms with Crippen LogP contribution in [-0.4, -0.2) is 45.9 Å². The van der Waals surface area contributed by atoms with Crippen LogP contribution in [0.5, 0.6) is 0 Å². The van der Waals surface area contributed by atoms with Gasteiger partial charge in [0.1, 0.15) is 5.82 Å². The molecule has 8 nitrogen and oxygen atoms in total. The number of aryl methyl sites for hydroxylation is 1. The highest BCUT2D eigenvalue weighted by atomic mass is 32.2. The minimum atomic E-state index is -3.54. The van der Waals surface area contributed by atoms with Crippen molar-refractivity contribution in [1.29, 1.82) is 0 Å². The molecule has 0 amide bonds. The number of hydrogen-bond acceptors (Lipinski definition) is 6. The molecule has 4 rings (SSSR count). The first-order chi connectivity index (χ1) is 15.8. The summed E-state index contributed by atoms with van der Waals surface area (Å²) in [5.74, 6) is 1.31. The summed E-state index contributed by atoms with van der Waals surface area (Å²) in [4.78, 5) is 22.7. The van der Waals surface area contributed by atoms with Crippen molar-refractivity contribution in [2.75, 3.05) is 14.1 Å². The monoisotopic (exact) mass is 485 g/mol. The lowest BCUT2D eigenvalue weighted by Crippen LogP contribution is -2.23. The van der Waals surface area contributed by atoms with Crippen LogP contribution in [0, 0.1) is 0 Å². The number of aromatic nitrogens is 4. The molecule has 2 heterocycles. The van der Waals surface area contributed by atoms with Gasteiger partial charge in [-0.3, -0.25) is 9.36 Å². The van der Waals surface area contributed by atoms with Gasteiger partial charge in [0.2, 0.25) is 10.0 Å². The fourth-order valence-electron chi connectivity index (χ4n) is 3.80. The SMILES string of the molecule is CCCn1c(SCc2nc3cc(S(=O)(=O)N(C)C)ccc3n2CC)nc2ccccc2c1=O. The Labute approximate surface area is 197 Å². The van der Waals surface area contributed by atoms with Crippen molar-refractivity contribution in [3.63, 3.8) is 0 Å². The van der Waals surface area contributed by atoms with Crippen molar-refractivity contribution >= 4 is 43.7 Å². The van der Waals surface area contributed by atoms with Gasteiger partial charge in [0.25, 0.3) is 5.56 Å². The van der Waals surface area contributed by atoms with E-state index in [0.29, 0.717) is 40.4 Å². The highest BCUT2D eigenvalue weighted by Crippen LogP contribution is 2.27. The molecular formula is C23H27N5O3S2. The summed E-state index contributed by atoms with van der Waals surface area (Å²) in [5.41, 5.74) is 2.16. The maximum absolute atomic E-state index is 13.0. The number of fused-ring (bicyclic) bond motifs is 2. The quantitative estimate of drug-likeness (QED) is 0.279. The molecule has 4 aromatic rings. The zero-order valence-electron chi connectivity index (χ0n) is 19.1. The number of benzene rings is 2. The predicted molar refractivity (Wildman–Crippen MR) is 132 cm³/mol. The minimum Gasteiger partial charge on any atom is -0.328 e. The Balaban J connectivity index is 1.73. The highest BCUT2D eigenvalue weighted by molar-refractivity contribution is 7.98. The smallest absolute Gasteiger partial charge is 0.262 e. The van der Waals surface area contributed by atoms with Gasteiger partial charge in [-0.15, -0.1) is 0 Å². The van der Waals surface area contributed by atoms with E-state index >= 15 is 0 Å². The third-order valence-electron chi connectivity index (χ3n) is 5.50. The zero-order chi connectivity index (χ0) is 23.8. The molecule has 0 aliphatic carbocycles. The number of thioether (sulfide) groups is 1. The summed E-state index contributed by atoms with van der Waals surface area (Å²) in [6.07, 6.45) is 0.823. The van der Waals surface area contributed by atoms with Crippen LogP contribution < -0.4 is 5.56 Å². The van der Waals surface area contributed by atoms with E-state index in [1.54, 1.807) is 28.8 Å². The van der Waals surface area contributed by atoms with E-state index in [4.69, 9.17) is 9.97 Å². The Kier molecular flexibility index (Phi) is 6.60. The Hall–Kier alpha value is -2.69. The maximum Gasteiger partial charge on any atom is 0.262 e. The fourth-order valence-corrected chi connectivity index (χ4v) is 5.70. The van der Waals surface area contributed by atoms with Gasteiger partial charge in [-0.05, 0) is 43.7 Å². The number of rotatable bonds is 8. The Morgan fingerprint density at radius 2 is 1.76 bits per heavy atom. The van der Waals surface area contributed by atoms with Crippen LogP contribution in [0.25, 0.3) is 21.9 Å². The molecule has 0 fully saturated rings. The molecule has 2 aromatic carbocycles. The number of sulfonamides is 1. The van der Waals surface area contributed by atoms with E-state index in [2.05, 4.69) is 4.57 Å². The molecule has 0 radical (unpaired) electrons. The van der Waals surface area contributed by atoms with Gasteiger partial charge >= 0.3 is 0 Å². The molecule has 0 spiro atoms. The van der Waals surface area contributed by atoms with Gasteiger partial charge in [-0.25, -0.2) is 22.7 Å². The second-order valence-electron chi connectivity index (χ2n) is 7.87. The number of imidazole rings is 1. The molecule has 0 saturated carbocycles. The van der Waals surface area contributed by atoms with Crippen LogP contribution in [0.1, 0.15) is 26.1 Å². The summed E-state index contributed by atoms with van der Waals surface area (Å²) in [6, 6.07) is 12.4. The van der Waals surface area contributed by atoms with Gasteiger partial charge in [0.15, 0.2) is 5.16 Å². The van der Waals surface area contributed by atoms with Crippen molar-refractivity contribution in [2.45, 2.75) is 49.2 Å². The predicted octanol–water partition coefficient (Wildman–Crippen LogP) is 3.72. The highest BCUT2D eigenvalue weighted by Gasteiger charge is 2.20. The van der Waals surface area contributed by atoms with E-state index in [1.165, 1.54) is 30.2 Å². The number of nitrogens with zero attached hydrogens (tertiary/aromatic N) is 5. The first-order valence-corrected chi connectivity index (χ1v) is 13.2. The van der Waals surface area contributed by atoms with Gasteiger partial charge in [-0.1, -0.05) is 30.8 Å². The van der Waals surface area contributed by atoms with Crippen LogP contribution in [0.15, 0.2) is 57.3 Å². The molecule has 0 aliphatic rings. The lowest BCUT2D eigenvalue weighted by Gasteiger charge is -2.12. The van der Waals surface area contributed by atoms with E-state index in [1.807, 2.05) is 32.0 Å². The lowest BCUT2D eigenvalue weighted by atomic mass is 10.2. The number of para-hydroxylation sites is 1. The molecule has 0 unspecified atom stereocenters. The Morgan fingerprint density at radius 1 is 1.00 bits per heavy atom. The van der Waals surface area contributed by atoms with Crippen LogP contribution >= 0.6 is 11.8 Å². The molecule has 10 heteroatoms. The first-order valence-electron chi connectivity index (χ1n) is 10.8. The van der Waals surface area contributed by atoms with E-state index in [0.717, 1.165) is 17.8 Å². The zero-order valence-corrected chi connectivity index (χ0v) is 20.8.